The molecular weight excluding hydrogens is 410 g/mol. The normalized spacial score (nSPS) is 14.8. The quantitative estimate of drug-likeness (QED) is 0.572. The molecule has 1 aliphatic rings. The first-order chi connectivity index (χ1) is 15.0. The van der Waals surface area contributed by atoms with Gasteiger partial charge in [0.2, 0.25) is 0 Å². The standard InChI is InChI=1S/C23H29N5O2S/c1-5-27-9-11-28(12-10-27)18-8-7-17(13-15(18)3)26-21-19-16(4)20(23(29)30-6-2)31-22(19)25-14-24-21/h7-8,13-14H,5-6,9-12H2,1-4H3,(H,24,25,26). The number of nitrogens with one attached hydrogen (secondary N) is 1. The molecule has 0 aliphatic carbocycles. The summed E-state index contributed by atoms with van der Waals surface area (Å²) in [6.45, 7) is 13.9. The molecule has 0 unspecified atom stereocenters. The van der Waals surface area contributed by atoms with E-state index in [0.717, 1.165) is 54.2 Å². The molecular formula is C23H29N5O2S. The van der Waals surface area contributed by atoms with Gasteiger partial charge in [0.15, 0.2) is 0 Å². The van der Waals surface area contributed by atoms with Gasteiger partial charge in [-0.1, -0.05) is 6.92 Å². The lowest BCUT2D eigenvalue weighted by Crippen LogP contribution is -2.46. The molecule has 0 amide bonds. The molecule has 0 radical (unpaired) electrons. The number of fused-ring (bicyclic) bond motifs is 1. The van der Waals surface area contributed by atoms with Crippen LogP contribution in [0.3, 0.4) is 0 Å². The Kier molecular flexibility index (Phi) is 6.38. The van der Waals surface area contributed by atoms with Crippen LogP contribution in [0.4, 0.5) is 17.2 Å². The van der Waals surface area contributed by atoms with Crippen molar-refractivity contribution in [1.29, 1.82) is 0 Å². The fourth-order valence-corrected chi connectivity index (χ4v) is 5.13. The lowest BCUT2D eigenvalue weighted by Gasteiger charge is -2.36. The molecule has 0 saturated carbocycles. The maximum absolute atomic E-state index is 12.3. The van der Waals surface area contributed by atoms with Gasteiger partial charge in [0.1, 0.15) is 21.9 Å². The number of benzene rings is 1. The van der Waals surface area contributed by atoms with Crippen LogP contribution in [0.25, 0.3) is 10.2 Å². The zero-order chi connectivity index (χ0) is 22.0. The molecule has 31 heavy (non-hydrogen) atoms. The Morgan fingerprint density at radius 1 is 1.16 bits per heavy atom. The van der Waals surface area contributed by atoms with E-state index in [2.05, 4.69) is 57.1 Å². The van der Waals surface area contributed by atoms with E-state index in [-0.39, 0.29) is 5.97 Å². The van der Waals surface area contributed by atoms with Crippen LogP contribution in [0.1, 0.15) is 34.6 Å². The summed E-state index contributed by atoms with van der Waals surface area (Å²) >= 11 is 1.35. The highest BCUT2D eigenvalue weighted by atomic mass is 32.1. The minimum Gasteiger partial charge on any atom is -0.462 e. The monoisotopic (exact) mass is 439 g/mol. The van der Waals surface area contributed by atoms with Crippen LogP contribution < -0.4 is 10.2 Å². The Hall–Kier alpha value is -2.71. The highest BCUT2D eigenvalue weighted by molar-refractivity contribution is 7.20. The summed E-state index contributed by atoms with van der Waals surface area (Å²) in [5, 5.41) is 4.30. The van der Waals surface area contributed by atoms with Gasteiger partial charge in [-0.25, -0.2) is 14.8 Å². The Bertz CT molecular complexity index is 1090. The molecule has 7 nitrogen and oxygen atoms in total. The van der Waals surface area contributed by atoms with Crippen LogP contribution in [-0.4, -0.2) is 60.2 Å². The number of carbonyl (C=O) groups is 1. The minimum atomic E-state index is -0.308. The Labute approximate surface area is 187 Å². The number of hydrogen-bond donors (Lipinski definition) is 1. The average Bonchev–Trinajstić information content (AvgIpc) is 3.12. The smallest absolute Gasteiger partial charge is 0.348 e. The van der Waals surface area contributed by atoms with Gasteiger partial charge in [0, 0.05) is 37.6 Å². The van der Waals surface area contributed by atoms with Crippen LogP contribution in [0.2, 0.25) is 0 Å². The topological polar surface area (TPSA) is 70.6 Å². The molecule has 4 rings (SSSR count). The maximum atomic E-state index is 12.3. The van der Waals surface area contributed by atoms with Crippen LogP contribution in [0, 0.1) is 13.8 Å². The van der Waals surface area contributed by atoms with E-state index in [1.165, 1.54) is 28.9 Å². The largest absolute Gasteiger partial charge is 0.462 e. The second-order valence-electron chi connectivity index (χ2n) is 7.73. The molecule has 1 fully saturated rings. The van der Waals surface area contributed by atoms with Gasteiger partial charge >= 0.3 is 5.97 Å². The number of nitrogens with zero attached hydrogens (tertiary/aromatic N) is 4. The molecule has 0 bridgehead atoms. The summed E-state index contributed by atoms with van der Waals surface area (Å²) in [6, 6.07) is 6.43. The van der Waals surface area contributed by atoms with Crippen molar-refractivity contribution in [3.63, 3.8) is 0 Å². The predicted octanol–water partition coefficient (Wildman–Crippen LogP) is 4.37. The minimum absolute atomic E-state index is 0.308. The van der Waals surface area contributed by atoms with Crippen molar-refractivity contribution < 1.29 is 9.53 Å². The van der Waals surface area contributed by atoms with Crippen LogP contribution in [0.15, 0.2) is 24.5 Å². The maximum Gasteiger partial charge on any atom is 0.348 e. The zero-order valence-electron chi connectivity index (χ0n) is 18.6. The predicted molar refractivity (Wildman–Crippen MR) is 127 cm³/mol. The first-order valence-electron chi connectivity index (χ1n) is 10.8. The summed E-state index contributed by atoms with van der Waals surface area (Å²) < 4.78 is 5.19. The van der Waals surface area contributed by atoms with Gasteiger partial charge in [-0.05, 0) is 56.6 Å². The van der Waals surface area contributed by atoms with E-state index in [4.69, 9.17) is 4.74 Å². The van der Waals surface area contributed by atoms with Crippen molar-refractivity contribution in [2.45, 2.75) is 27.7 Å². The number of anilines is 3. The number of hydrogen-bond acceptors (Lipinski definition) is 8. The first kappa shape index (κ1) is 21.5. The van der Waals surface area contributed by atoms with E-state index in [9.17, 15) is 4.79 Å². The number of ether oxygens (including phenoxy) is 1. The number of aryl methyl sites for hydroxylation is 2. The van der Waals surface area contributed by atoms with Crippen LogP contribution >= 0.6 is 11.3 Å². The Morgan fingerprint density at radius 2 is 1.94 bits per heavy atom. The van der Waals surface area contributed by atoms with Crippen LogP contribution in [0.5, 0.6) is 0 Å². The van der Waals surface area contributed by atoms with Crippen molar-refractivity contribution in [3.8, 4) is 0 Å². The lowest BCUT2D eigenvalue weighted by molar-refractivity contribution is 0.0531. The summed E-state index contributed by atoms with van der Waals surface area (Å²) in [7, 11) is 0. The van der Waals surface area contributed by atoms with Gasteiger partial charge < -0.3 is 19.9 Å². The van der Waals surface area contributed by atoms with Gasteiger partial charge in [0.05, 0.1) is 12.0 Å². The third kappa shape index (κ3) is 4.36. The number of carbonyl (C=O) groups excluding carboxylic acids is 1. The van der Waals surface area contributed by atoms with E-state index < -0.39 is 0 Å². The summed E-state index contributed by atoms with van der Waals surface area (Å²) in [4.78, 5) is 27.4. The average molecular weight is 440 g/mol. The number of aromatic nitrogens is 2. The number of piperazine rings is 1. The molecule has 1 aliphatic heterocycles. The zero-order valence-corrected chi connectivity index (χ0v) is 19.4. The van der Waals surface area contributed by atoms with E-state index >= 15 is 0 Å². The summed E-state index contributed by atoms with van der Waals surface area (Å²) in [5.41, 5.74) is 4.33. The number of esters is 1. The van der Waals surface area contributed by atoms with Crippen molar-refractivity contribution >= 4 is 44.7 Å². The van der Waals surface area contributed by atoms with E-state index in [1.54, 1.807) is 0 Å². The van der Waals surface area contributed by atoms with Crippen molar-refractivity contribution in [1.82, 2.24) is 14.9 Å². The molecule has 2 aromatic heterocycles. The van der Waals surface area contributed by atoms with Crippen molar-refractivity contribution in [2.24, 2.45) is 0 Å². The molecule has 1 saturated heterocycles. The highest BCUT2D eigenvalue weighted by Gasteiger charge is 2.21. The third-order valence-electron chi connectivity index (χ3n) is 5.81. The SMILES string of the molecule is CCOC(=O)c1sc2ncnc(Nc3ccc(N4CCN(CC)CC4)c(C)c3)c2c1C. The Morgan fingerprint density at radius 3 is 2.61 bits per heavy atom. The molecule has 3 heterocycles. The molecule has 164 valence electrons. The fourth-order valence-electron chi connectivity index (χ4n) is 4.09. The van der Waals surface area contributed by atoms with Crippen molar-refractivity contribution in [2.75, 3.05) is 49.5 Å². The molecule has 1 aromatic carbocycles. The van der Waals surface area contributed by atoms with Crippen LogP contribution in [-0.2, 0) is 4.74 Å². The molecule has 1 N–H and O–H groups in total. The summed E-state index contributed by atoms with van der Waals surface area (Å²) in [5.74, 6) is 0.398. The van der Waals surface area contributed by atoms with Gasteiger partial charge in [-0.2, -0.15) is 0 Å². The number of thiophene rings is 1. The first-order valence-corrected chi connectivity index (χ1v) is 11.6. The Balaban J connectivity index is 1.58. The second-order valence-corrected chi connectivity index (χ2v) is 8.73. The molecule has 0 spiro atoms. The molecule has 0 atom stereocenters. The fraction of sp³-hybridized carbons (Fsp3) is 0.435. The third-order valence-corrected chi connectivity index (χ3v) is 6.99. The molecule has 3 aromatic rings. The van der Waals surface area contributed by atoms with Crippen molar-refractivity contribution in [3.05, 3.63) is 40.5 Å². The van der Waals surface area contributed by atoms with E-state index in [1.807, 2.05) is 13.8 Å². The second kappa shape index (κ2) is 9.20. The lowest BCUT2D eigenvalue weighted by atomic mass is 10.1. The van der Waals surface area contributed by atoms with Gasteiger partial charge in [-0.15, -0.1) is 11.3 Å². The van der Waals surface area contributed by atoms with Gasteiger partial charge in [-0.3, -0.25) is 0 Å². The van der Waals surface area contributed by atoms with Gasteiger partial charge in [0.25, 0.3) is 0 Å². The van der Waals surface area contributed by atoms with E-state index in [0.29, 0.717) is 17.3 Å². The number of rotatable bonds is 6. The number of likely N-dealkylation sites (N-methyl/N-ethyl adjacent to an activating group) is 1. The highest BCUT2D eigenvalue weighted by Crippen LogP contribution is 2.35. The molecule has 8 heteroatoms. The summed E-state index contributed by atoms with van der Waals surface area (Å²) in [6.07, 6.45) is 1.53.